The fourth-order valence-corrected chi connectivity index (χ4v) is 2.70. The van der Waals surface area contributed by atoms with Crippen molar-refractivity contribution in [2.45, 2.75) is 19.8 Å². The van der Waals surface area contributed by atoms with Crippen LogP contribution >= 0.6 is 0 Å². The van der Waals surface area contributed by atoms with Crippen molar-refractivity contribution < 1.29 is 28.2 Å². The highest BCUT2D eigenvalue weighted by atomic mass is 19.1. The second-order valence-electron chi connectivity index (χ2n) is 7.22. The molecule has 0 bridgehead atoms. The number of unbranched alkanes of at least 4 members (excludes halogenated alkanes) is 1. The zero-order chi connectivity index (χ0) is 24.2. The van der Waals surface area contributed by atoms with Crippen LogP contribution < -0.4 is 19.6 Å². The number of halogens is 1. The summed E-state index contributed by atoms with van der Waals surface area (Å²) in [5.74, 6) is 0.138. The van der Waals surface area contributed by atoms with Gasteiger partial charge in [0.25, 0.3) is 5.91 Å². The molecule has 0 atom stereocenters. The highest BCUT2D eigenvalue weighted by Gasteiger charge is 2.09. The maximum absolute atomic E-state index is 12.9. The molecule has 8 heteroatoms. The van der Waals surface area contributed by atoms with Crippen LogP contribution in [0.1, 0.15) is 35.7 Å². The molecule has 7 nitrogen and oxygen atoms in total. The fraction of sp³-hybridized carbons (Fsp3) is 0.192. The number of nitrogens with zero attached hydrogens (tertiary/aromatic N) is 1. The molecule has 0 spiro atoms. The SMILES string of the molecule is CCCCOc1ccc(C(=O)Oc2ccc(/C=N/NC(=O)COc3ccc(F)cc3)cc2)cc1. The van der Waals surface area contributed by atoms with Gasteiger partial charge in [0.2, 0.25) is 0 Å². The third-order valence-electron chi connectivity index (χ3n) is 4.53. The van der Waals surface area contributed by atoms with E-state index in [1.165, 1.54) is 30.5 Å². The van der Waals surface area contributed by atoms with Crippen LogP contribution in [0.15, 0.2) is 77.9 Å². The number of hydrazone groups is 1. The van der Waals surface area contributed by atoms with Gasteiger partial charge in [0.05, 0.1) is 18.4 Å². The van der Waals surface area contributed by atoms with Crippen LogP contribution in [0.3, 0.4) is 0 Å². The van der Waals surface area contributed by atoms with Crippen LogP contribution in [-0.2, 0) is 4.79 Å². The first-order valence-electron chi connectivity index (χ1n) is 10.8. The number of rotatable bonds is 11. The molecule has 1 amide bonds. The van der Waals surface area contributed by atoms with Crippen molar-refractivity contribution in [3.8, 4) is 17.2 Å². The first kappa shape index (κ1) is 24.4. The Kier molecular flexibility index (Phi) is 9.16. The van der Waals surface area contributed by atoms with E-state index in [0.29, 0.717) is 35.0 Å². The molecule has 0 fully saturated rings. The molecule has 0 aliphatic carbocycles. The Balaban J connectivity index is 1.43. The van der Waals surface area contributed by atoms with Crippen molar-refractivity contribution in [1.82, 2.24) is 5.43 Å². The third kappa shape index (κ3) is 8.05. The molecule has 0 aliphatic rings. The van der Waals surface area contributed by atoms with Gasteiger partial charge in [-0.25, -0.2) is 14.6 Å². The van der Waals surface area contributed by atoms with Crippen LogP contribution in [-0.4, -0.2) is 31.3 Å². The quantitative estimate of drug-likeness (QED) is 0.145. The minimum Gasteiger partial charge on any atom is -0.494 e. The Labute approximate surface area is 197 Å². The minimum atomic E-state index is -0.477. The molecular formula is C26H25FN2O5. The second-order valence-corrected chi connectivity index (χ2v) is 7.22. The Morgan fingerprint density at radius 1 is 0.882 bits per heavy atom. The van der Waals surface area contributed by atoms with Gasteiger partial charge in [-0.2, -0.15) is 5.10 Å². The van der Waals surface area contributed by atoms with Crippen molar-refractivity contribution in [2.75, 3.05) is 13.2 Å². The largest absolute Gasteiger partial charge is 0.494 e. The topological polar surface area (TPSA) is 86.2 Å². The first-order chi connectivity index (χ1) is 16.5. The first-order valence-corrected chi connectivity index (χ1v) is 10.8. The van der Waals surface area contributed by atoms with Gasteiger partial charge in [0.1, 0.15) is 23.1 Å². The molecule has 0 heterocycles. The van der Waals surface area contributed by atoms with Gasteiger partial charge in [-0.3, -0.25) is 4.79 Å². The summed E-state index contributed by atoms with van der Waals surface area (Å²) in [6, 6.07) is 18.8. The summed E-state index contributed by atoms with van der Waals surface area (Å²) in [6.07, 6.45) is 3.47. The second kappa shape index (κ2) is 12.7. The van der Waals surface area contributed by atoms with Crippen LogP contribution in [0.2, 0.25) is 0 Å². The summed E-state index contributed by atoms with van der Waals surface area (Å²) in [4.78, 5) is 24.1. The van der Waals surface area contributed by atoms with Gasteiger partial charge in [-0.1, -0.05) is 13.3 Å². The van der Waals surface area contributed by atoms with Gasteiger partial charge < -0.3 is 14.2 Å². The van der Waals surface area contributed by atoms with E-state index >= 15 is 0 Å². The van der Waals surface area contributed by atoms with Crippen molar-refractivity contribution in [2.24, 2.45) is 5.10 Å². The Morgan fingerprint density at radius 2 is 1.50 bits per heavy atom. The lowest BCUT2D eigenvalue weighted by Crippen LogP contribution is -2.24. The highest BCUT2D eigenvalue weighted by Crippen LogP contribution is 2.17. The van der Waals surface area contributed by atoms with E-state index in [9.17, 15) is 14.0 Å². The molecule has 0 aromatic heterocycles. The molecule has 34 heavy (non-hydrogen) atoms. The summed E-state index contributed by atoms with van der Waals surface area (Å²) in [7, 11) is 0. The number of benzene rings is 3. The maximum atomic E-state index is 12.9. The maximum Gasteiger partial charge on any atom is 0.343 e. The van der Waals surface area contributed by atoms with E-state index in [2.05, 4.69) is 17.5 Å². The van der Waals surface area contributed by atoms with E-state index in [4.69, 9.17) is 14.2 Å². The number of carbonyl (C=O) groups excluding carboxylic acids is 2. The number of hydrogen-bond acceptors (Lipinski definition) is 6. The van der Waals surface area contributed by atoms with Gasteiger partial charge in [-0.05, 0) is 84.8 Å². The number of carbonyl (C=O) groups is 2. The molecule has 176 valence electrons. The van der Waals surface area contributed by atoms with Gasteiger partial charge in [-0.15, -0.1) is 0 Å². The Morgan fingerprint density at radius 3 is 2.18 bits per heavy atom. The van der Waals surface area contributed by atoms with Crippen LogP contribution in [0.4, 0.5) is 4.39 Å². The van der Waals surface area contributed by atoms with Gasteiger partial charge >= 0.3 is 5.97 Å². The molecule has 3 aromatic rings. The predicted molar refractivity (Wildman–Crippen MR) is 126 cm³/mol. The molecule has 1 N–H and O–H groups in total. The van der Waals surface area contributed by atoms with Crippen molar-refractivity contribution in [3.63, 3.8) is 0 Å². The zero-order valence-corrected chi connectivity index (χ0v) is 18.7. The molecule has 0 unspecified atom stereocenters. The average molecular weight is 464 g/mol. The molecule has 3 aromatic carbocycles. The smallest absolute Gasteiger partial charge is 0.343 e. The van der Waals surface area contributed by atoms with Crippen LogP contribution in [0.5, 0.6) is 17.2 Å². The normalized spacial score (nSPS) is 10.6. The number of esters is 1. The Bertz CT molecular complexity index is 1100. The molecule has 3 rings (SSSR count). The summed E-state index contributed by atoms with van der Waals surface area (Å²) in [5.41, 5.74) is 3.44. The third-order valence-corrected chi connectivity index (χ3v) is 4.53. The lowest BCUT2D eigenvalue weighted by molar-refractivity contribution is -0.123. The lowest BCUT2D eigenvalue weighted by atomic mass is 10.2. The molecule has 0 radical (unpaired) electrons. The van der Waals surface area contributed by atoms with Crippen LogP contribution in [0.25, 0.3) is 0 Å². The molecular weight excluding hydrogens is 439 g/mol. The van der Waals surface area contributed by atoms with E-state index in [-0.39, 0.29) is 12.4 Å². The monoisotopic (exact) mass is 464 g/mol. The van der Waals surface area contributed by atoms with E-state index in [1.54, 1.807) is 48.5 Å². The van der Waals surface area contributed by atoms with Gasteiger partial charge in [0, 0.05) is 0 Å². The van der Waals surface area contributed by atoms with Gasteiger partial charge in [0.15, 0.2) is 6.61 Å². The van der Waals surface area contributed by atoms with Crippen molar-refractivity contribution >= 4 is 18.1 Å². The highest BCUT2D eigenvalue weighted by molar-refractivity contribution is 5.91. The zero-order valence-electron chi connectivity index (χ0n) is 18.7. The van der Waals surface area contributed by atoms with Crippen molar-refractivity contribution in [3.05, 3.63) is 89.7 Å². The average Bonchev–Trinajstić information content (AvgIpc) is 2.85. The van der Waals surface area contributed by atoms with Crippen LogP contribution in [0, 0.1) is 5.82 Å². The van der Waals surface area contributed by atoms with E-state index in [0.717, 1.165) is 12.8 Å². The lowest BCUT2D eigenvalue weighted by Gasteiger charge is -2.07. The summed E-state index contributed by atoms with van der Waals surface area (Å²) < 4.78 is 29.1. The fourth-order valence-electron chi connectivity index (χ4n) is 2.70. The molecule has 0 saturated carbocycles. The standard InChI is InChI=1S/C26H25FN2O5/c1-2-3-16-32-22-12-6-20(7-13-22)26(31)34-24-10-4-19(5-11-24)17-28-29-25(30)18-33-23-14-8-21(27)9-15-23/h4-15,17H,2-3,16,18H2,1H3,(H,29,30)/b28-17+. The number of ether oxygens (including phenoxy) is 3. The number of amides is 1. The van der Waals surface area contributed by atoms with Crippen molar-refractivity contribution in [1.29, 1.82) is 0 Å². The molecule has 0 saturated heterocycles. The van der Waals surface area contributed by atoms with E-state index < -0.39 is 11.9 Å². The summed E-state index contributed by atoms with van der Waals surface area (Å²) >= 11 is 0. The predicted octanol–water partition coefficient (Wildman–Crippen LogP) is 4.75. The molecule has 0 aliphatic heterocycles. The Hall–Kier alpha value is -4.20. The minimum absolute atomic E-state index is 0.260. The summed E-state index contributed by atoms with van der Waals surface area (Å²) in [5, 5.41) is 3.86. The number of nitrogens with one attached hydrogen (secondary N) is 1. The summed E-state index contributed by atoms with van der Waals surface area (Å²) in [6.45, 7) is 2.47. The van der Waals surface area contributed by atoms with E-state index in [1.807, 2.05) is 0 Å². The number of hydrogen-bond donors (Lipinski definition) is 1.